The van der Waals surface area contributed by atoms with Crippen LogP contribution in [0.2, 0.25) is 5.02 Å². The molecular formula is C20H20ClN5. The largest absolute Gasteiger partial charge is 0.382 e. The highest BCUT2D eigenvalue weighted by molar-refractivity contribution is 6.33. The van der Waals surface area contributed by atoms with Gasteiger partial charge < -0.3 is 15.5 Å². The smallest absolute Gasteiger partial charge is 0.146 e. The van der Waals surface area contributed by atoms with E-state index in [0.717, 1.165) is 41.6 Å². The zero-order valence-electron chi connectivity index (χ0n) is 14.6. The van der Waals surface area contributed by atoms with Crippen molar-refractivity contribution in [1.82, 2.24) is 15.1 Å². The van der Waals surface area contributed by atoms with Gasteiger partial charge >= 0.3 is 0 Å². The lowest BCUT2D eigenvalue weighted by atomic mass is 10.0. The highest BCUT2D eigenvalue weighted by Crippen LogP contribution is 2.37. The molecule has 5 nitrogen and oxygen atoms in total. The maximum absolute atomic E-state index is 6.47. The van der Waals surface area contributed by atoms with Crippen LogP contribution < -0.4 is 10.6 Å². The van der Waals surface area contributed by atoms with Gasteiger partial charge in [0.2, 0.25) is 0 Å². The maximum atomic E-state index is 6.47. The topological polar surface area (TPSA) is 58.3 Å². The predicted molar refractivity (Wildman–Crippen MR) is 107 cm³/mol. The van der Waals surface area contributed by atoms with E-state index in [1.165, 1.54) is 11.3 Å². The third-order valence-corrected chi connectivity index (χ3v) is 4.96. The lowest BCUT2D eigenvalue weighted by Crippen LogP contribution is -2.26. The van der Waals surface area contributed by atoms with Crippen LogP contribution in [0.4, 0.5) is 17.2 Å². The Morgan fingerprint density at radius 3 is 2.58 bits per heavy atom. The van der Waals surface area contributed by atoms with Crippen molar-refractivity contribution in [3.05, 3.63) is 65.2 Å². The van der Waals surface area contributed by atoms with Gasteiger partial charge in [-0.1, -0.05) is 29.8 Å². The number of likely N-dealkylation sites (N-methyl/N-ethyl adjacent to an activating group) is 1. The molecule has 0 fully saturated rings. The summed E-state index contributed by atoms with van der Waals surface area (Å²) in [5.74, 6) is 0.424. The Labute approximate surface area is 158 Å². The molecule has 132 valence electrons. The number of rotatable bonds is 2. The Morgan fingerprint density at radius 2 is 1.81 bits per heavy atom. The van der Waals surface area contributed by atoms with Crippen molar-refractivity contribution in [3.8, 4) is 11.3 Å². The van der Waals surface area contributed by atoms with Crippen molar-refractivity contribution in [2.45, 2.75) is 6.54 Å². The van der Waals surface area contributed by atoms with E-state index in [0.29, 0.717) is 5.82 Å². The van der Waals surface area contributed by atoms with Gasteiger partial charge in [-0.05, 0) is 49.0 Å². The number of para-hydroxylation sites is 1. The van der Waals surface area contributed by atoms with Crippen LogP contribution in [-0.2, 0) is 6.54 Å². The highest BCUT2D eigenvalue weighted by Gasteiger charge is 2.21. The maximum Gasteiger partial charge on any atom is 0.146 e. The third-order valence-electron chi connectivity index (χ3n) is 4.64. The van der Waals surface area contributed by atoms with E-state index >= 15 is 0 Å². The fourth-order valence-corrected chi connectivity index (χ4v) is 3.55. The van der Waals surface area contributed by atoms with Gasteiger partial charge in [0.15, 0.2) is 0 Å². The van der Waals surface area contributed by atoms with E-state index in [9.17, 15) is 0 Å². The monoisotopic (exact) mass is 365 g/mol. The molecule has 1 aliphatic rings. The molecule has 1 aliphatic heterocycles. The lowest BCUT2D eigenvalue weighted by Gasteiger charge is -2.26. The molecule has 0 bridgehead atoms. The minimum atomic E-state index is 0.424. The zero-order chi connectivity index (χ0) is 18.1. The van der Waals surface area contributed by atoms with Gasteiger partial charge in [0.1, 0.15) is 5.82 Å². The SMILES string of the molecule is CN1CCN(c2ccccc2Cl)c2ccc(-c3ccc(N)nn3)cc2C1. The number of fused-ring (bicyclic) bond motifs is 1. The van der Waals surface area contributed by atoms with Gasteiger partial charge in [0, 0.05) is 30.9 Å². The Balaban J connectivity index is 1.79. The molecule has 0 unspecified atom stereocenters. The van der Waals surface area contributed by atoms with Crippen molar-refractivity contribution in [3.63, 3.8) is 0 Å². The Hall–Kier alpha value is -2.63. The van der Waals surface area contributed by atoms with Gasteiger partial charge in [-0.15, -0.1) is 10.2 Å². The predicted octanol–water partition coefficient (Wildman–Crippen LogP) is 3.96. The zero-order valence-corrected chi connectivity index (χ0v) is 15.3. The van der Waals surface area contributed by atoms with E-state index in [2.05, 4.69) is 51.3 Å². The third kappa shape index (κ3) is 3.23. The second-order valence-electron chi connectivity index (χ2n) is 6.53. The fraction of sp³-hybridized carbons (Fsp3) is 0.200. The summed E-state index contributed by atoms with van der Waals surface area (Å²) in [5, 5.41) is 8.93. The minimum Gasteiger partial charge on any atom is -0.382 e. The number of hydrogen-bond donors (Lipinski definition) is 1. The summed E-state index contributed by atoms with van der Waals surface area (Å²) in [7, 11) is 2.13. The molecule has 2 heterocycles. The second-order valence-corrected chi connectivity index (χ2v) is 6.93. The molecule has 4 rings (SSSR count). The number of nitrogens with two attached hydrogens (primary N) is 1. The number of aromatic nitrogens is 2. The average molecular weight is 366 g/mol. The van der Waals surface area contributed by atoms with Crippen molar-refractivity contribution in [2.75, 3.05) is 30.8 Å². The summed E-state index contributed by atoms with van der Waals surface area (Å²) in [4.78, 5) is 4.60. The molecule has 2 N–H and O–H groups in total. The highest BCUT2D eigenvalue weighted by atomic mass is 35.5. The Bertz CT molecular complexity index is 926. The van der Waals surface area contributed by atoms with Crippen LogP contribution in [0.3, 0.4) is 0 Å². The Morgan fingerprint density at radius 1 is 0.962 bits per heavy atom. The summed E-state index contributed by atoms with van der Waals surface area (Å²) in [6.07, 6.45) is 0. The molecule has 0 radical (unpaired) electrons. The summed E-state index contributed by atoms with van der Waals surface area (Å²) < 4.78 is 0. The van der Waals surface area contributed by atoms with Crippen LogP contribution in [0.15, 0.2) is 54.6 Å². The molecule has 1 aromatic heterocycles. The van der Waals surface area contributed by atoms with Gasteiger partial charge in [0.25, 0.3) is 0 Å². The molecule has 3 aromatic rings. The number of halogens is 1. The summed E-state index contributed by atoms with van der Waals surface area (Å²) in [6.45, 7) is 2.71. The number of hydrogen-bond acceptors (Lipinski definition) is 5. The lowest BCUT2D eigenvalue weighted by molar-refractivity contribution is 0.343. The van der Waals surface area contributed by atoms with Crippen LogP contribution in [0.1, 0.15) is 5.56 Å². The molecule has 0 saturated heterocycles. The first-order valence-corrected chi connectivity index (χ1v) is 8.93. The number of nitrogen functional groups attached to an aromatic ring is 1. The first kappa shape index (κ1) is 16.8. The van der Waals surface area contributed by atoms with E-state index in [1.807, 2.05) is 24.3 Å². The van der Waals surface area contributed by atoms with Crippen LogP contribution in [0.5, 0.6) is 0 Å². The molecule has 26 heavy (non-hydrogen) atoms. The van der Waals surface area contributed by atoms with Crippen molar-refractivity contribution in [1.29, 1.82) is 0 Å². The van der Waals surface area contributed by atoms with Crippen molar-refractivity contribution in [2.24, 2.45) is 0 Å². The quantitative estimate of drug-likeness (QED) is 0.744. The fourth-order valence-electron chi connectivity index (χ4n) is 3.31. The molecule has 0 spiro atoms. The van der Waals surface area contributed by atoms with Crippen LogP contribution in [0.25, 0.3) is 11.3 Å². The van der Waals surface area contributed by atoms with E-state index in [4.69, 9.17) is 17.3 Å². The first-order valence-electron chi connectivity index (χ1n) is 8.55. The normalized spacial score (nSPS) is 14.8. The minimum absolute atomic E-state index is 0.424. The number of anilines is 3. The van der Waals surface area contributed by atoms with E-state index in [-0.39, 0.29) is 0 Å². The molecular weight excluding hydrogens is 346 g/mol. The van der Waals surface area contributed by atoms with Gasteiger partial charge in [-0.25, -0.2) is 0 Å². The molecule has 2 aromatic carbocycles. The standard InChI is InChI=1S/C20H20ClN5/c1-25-10-11-26(19-5-3-2-4-16(19)21)18-8-6-14(12-15(18)13-25)17-7-9-20(22)24-23-17/h2-9,12H,10-11,13H2,1H3,(H2,22,24). The number of nitrogens with zero attached hydrogens (tertiary/aromatic N) is 4. The molecule has 0 atom stereocenters. The first-order chi connectivity index (χ1) is 12.6. The van der Waals surface area contributed by atoms with Crippen molar-refractivity contribution >= 4 is 28.8 Å². The Kier molecular flexibility index (Phi) is 4.49. The molecule has 0 aliphatic carbocycles. The summed E-state index contributed by atoms with van der Waals surface area (Å²) in [6, 6.07) is 18.1. The molecule has 6 heteroatoms. The van der Waals surface area contributed by atoms with Gasteiger partial charge in [-0.3, -0.25) is 0 Å². The van der Waals surface area contributed by atoms with Crippen molar-refractivity contribution < 1.29 is 0 Å². The summed E-state index contributed by atoms with van der Waals surface area (Å²) >= 11 is 6.47. The van der Waals surface area contributed by atoms with Crippen LogP contribution in [0, 0.1) is 0 Å². The van der Waals surface area contributed by atoms with Gasteiger partial charge in [-0.2, -0.15) is 0 Å². The van der Waals surface area contributed by atoms with Gasteiger partial charge in [0.05, 0.1) is 16.4 Å². The van der Waals surface area contributed by atoms with Crippen LogP contribution in [-0.4, -0.2) is 35.2 Å². The van der Waals surface area contributed by atoms with Crippen LogP contribution >= 0.6 is 11.6 Å². The molecule has 0 amide bonds. The van der Waals surface area contributed by atoms with E-state index < -0.39 is 0 Å². The average Bonchev–Trinajstić information content (AvgIpc) is 2.80. The second kappa shape index (κ2) is 6.94. The van der Waals surface area contributed by atoms with E-state index in [1.54, 1.807) is 6.07 Å². The molecule has 0 saturated carbocycles. The number of benzene rings is 2. The summed E-state index contributed by atoms with van der Waals surface area (Å²) in [5.41, 5.74) is 10.9.